The van der Waals surface area contributed by atoms with Crippen molar-refractivity contribution in [2.24, 2.45) is 0 Å². The lowest BCUT2D eigenvalue weighted by molar-refractivity contribution is 0.308. The van der Waals surface area contributed by atoms with Crippen LogP contribution >= 0.6 is 0 Å². The first-order valence-electron chi connectivity index (χ1n) is 12.8. The van der Waals surface area contributed by atoms with Gasteiger partial charge in [-0.1, -0.05) is 55.7 Å². The summed E-state index contributed by atoms with van der Waals surface area (Å²) in [6.45, 7) is 1.47. The molecule has 1 aromatic heterocycles. The van der Waals surface area contributed by atoms with Crippen LogP contribution in [0.15, 0.2) is 73.1 Å². The molecule has 0 bridgehead atoms. The summed E-state index contributed by atoms with van der Waals surface area (Å²) in [5, 5.41) is 9.25. The van der Waals surface area contributed by atoms with Crippen LogP contribution in [0.1, 0.15) is 54.4 Å². The number of pyridine rings is 1. The molecule has 2 aliphatic rings. The van der Waals surface area contributed by atoms with E-state index in [1.165, 1.54) is 0 Å². The quantitative estimate of drug-likeness (QED) is 0.473. The summed E-state index contributed by atoms with van der Waals surface area (Å²) in [7, 11) is -3.52. The van der Waals surface area contributed by atoms with Gasteiger partial charge in [0, 0.05) is 43.8 Å². The van der Waals surface area contributed by atoms with Crippen molar-refractivity contribution in [3.63, 3.8) is 0 Å². The van der Waals surface area contributed by atoms with Gasteiger partial charge in [0.1, 0.15) is 0 Å². The second-order valence-electron chi connectivity index (χ2n) is 9.89. The largest absolute Gasteiger partial charge is 0.365 e. The van der Waals surface area contributed by atoms with Gasteiger partial charge in [-0.3, -0.25) is 4.98 Å². The van der Waals surface area contributed by atoms with Crippen molar-refractivity contribution < 1.29 is 8.42 Å². The van der Waals surface area contributed by atoms with Gasteiger partial charge in [0.15, 0.2) is 0 Å². The Morgan fingerprint density at radius 2 is 1.75 bits per heavy atom. The zero-order chi connectivity index (χ0) is 25.0. The average molecular weight is 501 g/mol. The predicted octanol–water partition coefficient (Wildman–Crippen LogP) is 5.05. The molecule has 0 spiro atoms. The number of fused-ring (bicyclic) bond motifs is 1. The summed E-state index contributed by atoms with van der Waals surface area (Å²) in [5.41, 5.74) is 4.60. The Bertz CT molecular complexity index is 1320. The van der Waals surface area contributed by atoms with Crippen LogP contribution in [-0.2, 0) is 29.5 Å². The lowest BCUT2D eigenvalue weighted by atomic mass is 10.0. The van der Waals surface area contributed by atoms with Crippen LogP contribution in [0.25, 0.3) is 0 Å². The molecule has 1 aliphatic heterocycles. The first kappa shape index (κ1) is 24.5. The zero-order valence-corrected chi connectivity index (χ0v) is 21.3. The molecule has 5 rings (SSSR count). The standard InChI is InChI=1S/C29H32N4O2S/c30-18-24-13-14-29-26(16-24)21-33(36(34,35)28-11-5-2-6-12-28)27(17-23-8-3-1-4-9-23)22-32(29)20-25-10-7-15-31-19-25/h1,3-4,7-10,13-16,19,27-28H,2,5-6,11-12,17,20-22H2/t27-/m1/s1. The monoisotopic (exact) mass is 500 g/mol. The number of hydrogen-bond acceptors (Lipinski definition) is 5. The Morgan fingerprint density at radius 1 is 0.972 bits per heavy atom. The fourth-order valence-electron chi connectivity index (χ4n) is 5.60. The van der Waals surface area contributed by atoms with Crippen molar-refractivity contribution in [3.8, 4) is 6.07 Å². The van der Waals surface area contributed by atoms with E-state index in [1.807, 2.05) is 54.7 Å². The molecular weight excluding hydrogens is 468 g/mol. The highest BCUT2D eigenvalue weighted by Gasteiger charge is 2.40. The Balaban J connectivity index is 1.58. The molecule has 2 aromatic carbocycles. The molecule has 2 heterocycles. The van der Waals surface area contributed by atoms with Gasteiger partial charge in [-0.2, -0.15) is 9.57 Å². The number of aromatic nitrogens is 1. The minimum atomic E-state index is -3.52. The summed E-state index contributed by atoms with van der Waals surface area (Å²) in [5.74, 6) is 0. The molecule has 0 amide bonds. The highest BCUT2D eigenvalue weighted by Crippen LogP contribution is 2.35. The van der Waals surface area contributed by atoms with E-state index in [9.17, 15) is 13.7 Å². The molecule has 186 valence electrons. The Labute approximate surface area is 214 Å². The molecule has 36 heavy (non-hydrogen) atoms. The normalized spacial score (nSPS) is 19.3. The van der Waals surface area contributed by atoms with Crippen LogP contribution in [0, 0.1) is 11.3 Å². The van der Waals surface area contributed by atoms with Crippen molar-refractivity contribution in [1.29, 1.82) is 5.26 Å². The summed E-state index contributed by atoms with van der Waals surface area (Å²) in [4.78, 5) is 6.54. The van der Waals surface area contributed by atoms with Gasteiger partial charge < -0.3 is 4.90 Å². The molecule has 1 fully saturated rings. The third kappa shape index (κ3) is 5.30. The van der Waals surface area contributed by atoms with E-state index in [4.69, 9.17) is 0 Å². The summed E-state index contributed by atoms with van der Waals surface area (Å²) in [6.07, 6.45) is 8.73. The van der Waals surface area contributed by atoms with Crippen LogP contribution in [0.4, 0.5) is 5.69 Å². The van der Waals surface area contributed by atoms with Crippen LogP contribution < -0.4 is 4.90 Å². The topological polar surface area (TPSA) is 77.3 Å². The molecular formula is C29H32N4O2S. The Hall–Kier alpha value is -3.21. The van der Waals surface area contributed by atoms with E-state index in [0.717, 1.165) is 54.5 Å². The number of benzene rings is 2. The highest BCUT2D eigenvalue weighted by atomic mass is 32.2. The van der Waals surface area contributed by atoms with E-state index in [0.29, 0.717) is 25.1 Å². The van der Waals surface area contributed by atoms with Gasteiger partial charge in [-0.15, -0.1) is 0 Å². The van der Waals surface area contributed by atoms with Crippen LogP contribution in [-0.4, -0.2) is 35.5 Å². The maximum atomic E-state index is 14.2. The van der Waals surface area contributed by atoms with Gasteiger partial charge in [0.2, 0.25) is 10.0 Å². The second-order valence-corrected chi connectivity index (χ2v) is 12.1. The van der Waals surface area contributed by atoms with Crippen LogP contribution in [0.3, 0.4) is 0 Å². The number of sulfonamides is 1. The molecule has 0 unspecified atom stereocenters. The van der Waals surface area contributed by atoms with Gasteiger partial charge in [-0.05, 0) is 60.2 Å². The Kier molecular flexibility index (Phi) is 7.35. The van der Waals surface area contributed by atoms with E-state index >= 15 is 0 Å². The van der Waals surface area contributed by atoms with E-state index in [-0.39, 0.29) is 17.8 Å². The summed E-state index contributed by atoms with van der Waals surface area (Å²) >= 11 is 0. The average Bonchev–Trinajstić information content (AvgIpc) is 3.07. The predicted molar refractivity (Wildman–Crippen MR) is 142 cm³/mol. The van der Waals surface area contributed by atoms with Crippen molar-refractivity contribution in [2.75, 3.05) is 11.4 Å². The maximum Gasteiger partial charge on any atom is 0.217 e. The summed E-state index contributed by atoms with van der Waals surface area (Å²) in [6, 6.07) is 21.8. The van der Waals surface area contributed by atoms with E-state index in [2.05, 4.69) is 28.1 Å². The SMILES string of the molecule is N#Cc1ccc2c(c1)CN(S(=O)(=O)C1CCCCC1)[C@H](Cc1ccccc1)CN2Cc1cccnc1. The molecule has 1 atom stereocenters. The van der Waals surface area contributed by atoms with E-state index in [1.54, 1.807) is 10.5 Å². The molecule has 1 saturated carbocycles. The molecule has 0 saturated heterocycles. The fraction of sp³-hybridized carbons (Fsp3) is 0.379. The molecule has 0 radical (unpaired) electrons. The third-order valence-electron chi connectivity index (χ3n) is 7.42. The van der Waals surface area contributed by atoms with Crippen LogP contribution in [0.5, 0.6) is 0 Å². The molecule has 3 aromatic rings. The van der Waals surface area contributed by atoms with Crippen molar-refractivity contribution in [3.05, 3.63) is 95.3 Å². The first-order valence-corrected chi connectivity index (χ1v) is 14.3. The van der Waals surface area contributed by atoms with Crippen molar-refractivity contribution in [2.45, 2.75) is 62.9 Å². The summed E-state index contributed by atoms with van der Waals surface area (Å²) < 4.78 is 30.1. The van der Waals surface area contributed by atoms with Crippen molar-refractivity contribution >= 4 is 15.7 Å². The number of anilines is 1. The molecule has 0 N–H and O–H groups in total. The van der Waals surface area contributed by atoms with E-state index < -0.39 is 10.0 Å². The van der Waals surface area contributed by atoms with Gasteiger partial charge in [-0.25, -0.2) is 8.42 Å². The van der Waals surface area contributed by atoms with Gasteiger partial charge in [0.25, 0.3) is 0 Å². The molecule has 7 heteroatoms. The maximum absolute atomic E-state index is 14.2. The van der Waals surface area contributed by atoms with Gasteiger partial charge in [0.05, 0.1) is 16.9 Å². The smallest absolute Gasteiger partial charge is 0.217 e. The Morgan fingerprint density at radius 3 is 2.47 bits per heavy atom. The molecule has 6 nitrogen and oxygen atoms in total. The zero-order valence-electron chi connectivity index (χ0n) is 20.5. The lowest BCUT2D eigenvalue weighted by Crippen LogP contribution is -2.49. The van der Waals surface area contributed by atoms with Crippen molar-refractivity contribution in [1.82, 2.24) is 9.29 Å². The van der Waals surface area contributed by atoms with Crippen LogP contribution in [0.2, 0.25) is 0 Å². The minimum Gasteiger partial charge on any atom is -0.365 e. The first-order chi connectivity index (χ1) is 17.5. The third-order valence-corrected chi connectivity index (χ3v) is 9.82. The van der Waals surface area contributed by atoms with Gasteiger partial charge >= 0.3 is 0 Å². The number of hydrogen-bond donors (Lipinski definition) is 0. The highest BCUT2D eigenvalue weighted by molar-refractivity contribution is 7.89. The number of rotatable bonds is 6. The number of nitriles is 1. The minimum absolute atomic E-state index is 0.228. The fourth-order valence-corrected chi connectivity index (χ4v) is 7.79. The lowest BCUT2D eigenvalue weighted by Gasteiger charge is -2.35. The second kappa shape index (κ2) is 10.8. The number of nitrogens with zero attached hydrogens (tertiary/aromatic N) is 4. The molecule has 1 aliphatic carbocycles.